The van der Waals surface area contributed by atoms with E-state index >= 15 is 0 Å². The van der Waals surface area contributed by atoms with E-state index in [1.54, 1.807) is 0 Å². The van der Waals surface area contributed by atoms with Gasteiger partial charge < -0.3 is 16.1 Å². The second-order valence-electron chi connectivity index (χ2n) is 2.33. The Morgan fingerprint density at radius 2 is 1.79 bits per heavy atom. The monoisotopic (exact) mass is 218 g/mol. The SMILES string of the molecule is NS(=O)(=O)c1ccccc1C(=O)[O-].[NH4+]. The lowest BCUT2D eigenvalue weighted by Crippen LogP contribution is -2.26. The van der Waals surface area contributed by atoms with E-state index in [-0.39, 0.29) is 6.15 Å². The van der Waals surface area contributed by atoms with Crippen LogP contribution in [-0.4, -0.2) is 14.4 Å². The number of nitrogens with two attached hydrogens (primary N) is 1. The van der Waals surface area contributed by atoms with Gasteiger partial charge in [-0.25, -0.2) is 13.6 Å². The molecule has 1 aromatic rings. The van der Waals surface area contributed by atoms with Gasteiger partial charge in [0.05, 0.1) is 10.9 Å². The van der Waals surface area contributed by atoms with Crippen molar-refractivity contribution in [3.63, 3.8) is 0 Å². The molecule has 78 valence electrons. The summed E-state index contributed by atoms with van der Waals surface area (Å²) in [6.45, 7) is 0. The molecule has 0 amide bonds. The van der Waals surface area contributed by atoms with Crippen molar-refractivity contribution in [1.29, 1.82) is 0 Å². The first kappa shape index (κ1) is 12.6. The number of quaternary nitrogens is 1. The number of carbonyl (C=O) groups excluding carboxylic acids is 1. The number of carboxylic acid groups (broad SMARTS) is 1. The number of carboxylic acids is 1. The van der Waals surface area contributed by atoms with Gasteiger partial charge in [0.1, 0.15) is 0 Å². The Kier molecular flexibility index (Phi) is 3.75. The van der Waals surface area contributed by atoms with Crippen LogP contribution in [-0.2, 0) is 10.0 Å². The zero-order chi connectivity index (χ0) is 10.1. The van der Waals surface area contributed by atoms with Gasteiger partial charge in [0, 0.05) is 5.56 Å². The average Bonchev–Trinajstić information content (AvgIpc) is 2.03. The van der Waals surface area contributed by atoms with Crippen LogP contribution in [0.2, 0.25) is 0 Å². The van der Waals surface area contributed by atoms with Crippen LogP contribution in [0.25, 0.3) is 0 Å². The van der Waals surface area contributed by atoms with Gasteiger partial charge in [-0.1, -0.05) is 18.2 Å². The number of rotatable bonds is 2. The summed E-state index contributed by atoms with van der Waals surface area (Å²) < 4.78 is 21.7. The van der Waals surface area contributed by atoms with Gasteiger partial charge in [-0.05, 0) is 6.07 Å². The molecule has 7 heteroatoms. The van der Waals surface area contributed by atoms with Crippen LogP contribution in [0, 0.1) is 0 Å². The van der Waals surface area contributed by atoms with Crippen molar-refractivity contribution >= 4 is 16.0 Å². The fourth-order valence-electron chi connectivity index (χ4n) is 0.883. The van der Waals surface area contributed by atoms with E-state index in [1.807, 2.05) is 0 Å². The van der Waals surface area contributed by atoms with Gasteiger partial charge in [-0.15, -0.1) is 0 Å². The van der Waals surface area contributed by atoms with Gasteiger partial charge in [-0.3, -0.25) is 0 Å². The minimum Gasteiger partial charge on any atom is -0.545 e. The highest BCUT2D eigenvalue weighted by molar-refractivity contribution is 7.89. The van der Waals surface area contributed by atoms with E-state index in [4.69, 9.17) is 5.14 Å². The number of aromatic carboxylic acids is 1. The normalized spacial score (nSPS) is 10.4. The third-order valence-electron chi connectivity index (χ3n) is 1.41. The van der Waals surface area contributed by atoms with E-state index in [2.05, 4.69) is 0 Å². The lowest BCUT2D eigenvalue weighted by molar-refractivity contribution is -0.255. The molecule has 6 nitrogen and oxygen atoms in total. The first-order valence-corrected chi connectivity index (χ1v) is 4.81. The molecule has 0 heterocycles. The van der Waals surface area contributed by atoms with Gasteiger partial charge in [-0.2, -0.15) is 0 Å². The molecule has 0 aliphatic heterocycles. The molecule has 1 rings (SSSR count). The second kappa shape index (κ2) is 4.18. The fourth-order valence-corrected chi connectivity index (χ4v) is 1.61. The summed E-state index contributed by atoms with van der Waals surface area (Å²) >= 11 is 0. The topological polar surface area (TPSA) is 137 Å². The zero-order valence-corrected chi connectivity index (χ0v) is 8.24. The maximum Gasteiger partial charge on any atom is 0.238 e. The maximum atomic E-state index is 10.8. The smallest absolute Gasteiger partial charge is 0.238 e. The Bertz CT molecular complexity index is 441. The summed E-state index contributed by atoms with van der Waals surface area (Å²) in [5.41, 5.74) is -0.426. The minimum absolute atomic E-state index is 0. The van der Waals surface area contributed by atoms with Crippen molar-refractivity contribution in [2.24, 2.45) is 5.14 Å². The van der Waals surface area contributed by atoms with Crippen LogP contribution >= 0.6 is 0 Å². The predicted octanol–water partition coefficient (Wildman–Crippen LogP) is -0.926. The second-order valence-corrected chi connectivity index (χ2v) is 3.86. The van der Waals surface area contributed by atoms with Gasteiger partial charge in [0.25, 0.3) is 0 Å². The molecular weight excluding hydrogens is 208 g/mol. The van der Waals surface area contributed by atoms with Crippen LogP contribution in [0.4, 0.5) is 0 Å². The minimum atomic E-state index is -4.00. The fraction of sp³-hybridized carbons (Fsp3) is 0. The highest BCUT2D eigenvalue weighted by Crippen LogP contribution is 2.12. The number of primary sulfonamides is 1. The third-order valence-corrected chi connectivity index (χ3v) is 2.38. The Balaban J connectivity index is 0.00000169. The van der Waals surface area contributed by atoms with E-state index in [9.17, 15) is 18.3 Å². The number of carbonyl (C=O) groups is 1. The summed E-state index contributed by atoms with van der Waals surface area (Å²) in [7, 11) is -4.00. The zero-order valence-electron chi connectivity index (χ0n) is 7.43. The van der Waals surface area contributed by atoms with Crippen LogP contribution < -0.4 is 16.4 Å². The molecule has 0 radical (unpaired) electrons. The van der Waals surface area contributed by atoms with E-state index in [0.717, 1.165) is 12.1 Å². The van der Waals surface area contributed by atoms with Crippen molar-refractivity contribution in [3.05, 3.63) is 29.8 Å². The lowest BCUT2D eigenvalue weighted by atomic mass is 10.2. The van der Waals surface area contributed by atoms with Crippen molar-refractivity contribution in [2.75, 3.05) is 0 Å². The quantitative estimate of drug-likeness (QED) is 0.662. The summed E-state index contributed by atoms with van der Waals surface area (Å²) in [5.74, 6) is -1.57. The predicted molar refractivity (Wildman–Crippen MR) is 48.1 cm³/mol. The number of benzene rings is 1. The maximum absolute atomic E-state index is 10.8. The van der Waals surface area contributed by atoms with Gasteiger partial charge >= 0.3 is 0 Å². The van der Waals surface area contributed by atoms with E-state index < -0.39 is 26.5 Å². The van der Waals surface area contributed by atoms with Crippen molar-refractivity contribution in [1.82, 2.24) is 6.15 Å². The third kappa shape index (κ3) is 2.52. The van der Waals surface area contributed by atoms with Crippen molar-refractivity contribution < 1.29 is 18.3 Å². The van der Waals surface area contributed by atoms with Crippen molar-refractivity contribution in [3.8, 4) is 0 Å². The Morgan fingerprint density at radius 1 is 1.29 bits per heavy atom. The Hall–Kier alpha value is -1.44. The molecule has 0 aliphatic rings. The first-order valence-electron chi connectivity index (χ1n) is 3.26. The standard InChI is InChI=1S/C7H7NO4S.H3N/c8-13(11,12)6-4-2-1-3-5(6)7(9)10;/h1-4H,(H,9,10)(H2,8,11,12);1H3. The summed E-state index contributed by atoms with van der Waals surface area (Å²) in [5, 5.41) is 15.2. The molecule has 1 aromatic carbocycles. The molecule has 0 atom stereocenters. The lowest BCUT2D eigenvalue weighted by Gasteiger charge is -2.06. The highest BCUT2D eigenvalue weighted by Gasteiger charge is 2.12. The number of sulfonamides is 1. The van der Waals surface area contributed by atoms with Crippen molar-refractivity contribution in [2.45, 2.75) is 4.90 Å². The number of hydrogen-bond acceptors (Lipinski definition) is 4. The summed E-state index contributed by atoms with van der Waals surface area (Å²) in [6.07, 6.45) is 0. The highest BCUT2D eigenvalue weighted by atomic mass is 32.2. The van der Waals surface area contributed by atoms with E-state index in [1.165, 1.54) is 12.1 Å². The summed E-state index contributed by atoms with van der Waals surface area (Å²) in [6, 6.07) is 5.00. The Labute approximate surface area is 81.0 Å². The molecule has 6 N–H and O–H groups in total. The van der Waals surface area contributed by atoms with Crippen LogP contribution in [0.1, 0.15) is 10.4 Å². The van der Waals surface area contributed by atoms with Crippen LogP contribution in [0.15, 0.2) is 29.2 Å². The molecule has 0 fully saturated rings. The summed E-state index contributed by atoms with van der Waals surface area (Å²) in [4.78, 5) is 10.0. The van der Waals surface area contributed by atoms with E-state index in [0.29, 0.717) is 0 Å². The van der Waals surface area contributed by atoms with Gasteiger partial charge in [0.2, 0.25) is 10.0 Å². The first-order chi connectivity index (χ1) is 5.93. The van der Waals surface area contributed by atoms with Crippen LogP contribution in [0.3, 0.4) is 0 Å². The molecule has 0 bridgehead atoms. The molecule has 0 spiro atoms. The average molecular weight is 218 g/mol. The molecule has 14 heavy (non-hydrogen) atoms. The molecule has 0 aliphatic carbocycles. The molecule has 0 unspecified atom stereocenters. The largest absolute Gasteiger partial charge is 0.545 e. The van der Waals surface area contributed by atoms with Crippen LogP contribution in [0.5, 0.6) is 0 Å². The molecule has 0 saturated carbocycles. The Morgan fingerprint density at radius 3 is 2.14 bits per heavy atom. The molecular formula is C7H10N2O4S. The number of hydrogen-bond donors (Lipinski definition) is 2. The molecule has 0 aromatic heterocycles. The molecule has 0 saturated heterocycles. The van der Waals surface area contributed by atoms with Gasteiger partial charge in [0.15, 0.2) is 0 Å².